The van der Waals surface area contributed by atoms with Crippen LogP contribution in [0.25, 0.3) is 11.2 Å². The molecule has 2 bridgehead atoms. The summed E-state index contributed by atoms with van der Waals surface area (Å²) in [6.07, 6.45) is -0.375. The largest absolute Gasteiger partial charge is 0.474 e. The summed E-state index contributed by atoms with van der Waals surface area (Å²) in [7, 11) is -2.59. The molecule has 0 amide bonds. The Morgan fingerprint density at radius 3 is 2.52 bits per heavy atom. The van der Waals surface area contributed by atoms with E-state index in [2.05, 4.69) is 70.2 Å². The summed E-state index contributed by atoms with van der Waals surface area (Å²) in [6, 6.07) is 1.62. The summed E-state index contributed by atoms with van der Waals surface area (Å²) in [4.78, 5) is 31.5. The third kappa shape index (κ3) is 7.73. The highest BCUT2D eigenvalue weighted by atomic mass is 32.7. The number of aromatic nitrogens is 6. The minimum Gasteiger partial charge on any atom is -0.474 e. The highest BCUT2D eigenvalue weighted by Gasteiger charge is 2.55. The number of imidazole rings is 1. The minimum absolute atomic E-state index is 0.00732. The SMILES string of the molecule is CC(C)(C)[Si](C)(C)O[C@H]1[C@H]2O[P@](=O)(S)OC[C@H]3C[C@@H](Oc4ccncn4)C[C@@H]3O[P@@](=O)(S)OC[C@H]1O[C@H]2n1cnc2c(=O)[nH]c(N)nc21. The fraction of sp³-hybridized carbons (Fsp3) is 0.654. The molecule has 0 unspecified atom stereocenters. The fourth-order valence-electron chi connectivity index (χ4n) is 5.67. The van der Waals surface area contributed by atoms with E-state index >= 15 is 0 Å². The van der Waals surface area contributed by atoms with Crippen LogP contribution in [0.2, 0.25) is 18.1 Å². The van der Waals surface area contributed by atoms with Gasteiger partial charge in [0.15, 0.2) is 25.7 Å². The van der Waals surface area contributed by atoms with Gasteiger partial charge in [-0.1, -0.05) is 45.3 Å². The number of fused-ring (bicyclic) bond motifs is 4. The quantitative estimate of drug-likeness (QED) is 0.160. The summed E-state index contributed by atoms with van der Waals surface area (Å²) in [6.45, 7) is 1.57. The zero-order valence-corrected chi connectivity index (χ0v) is 31.4. The zero-order chi connectivity index (χ0) is 34.6. The van der Waals surface area contributed by atoms with Crippen molar-refractivity contribution in [3.63, 3.8) is 0 Å². The molecule has 17 nitrogen and oxygen atoms in total. The molecule has 2 aliphatic heterocycles. The molecule has 6 rings (SSSR count). The maximum absolute atomic E-state index is 14.0. The normalized spacial score (nSPS) is 35.0. The number of H-pyrrole nitrogens is 1. The molecule has 1 aliphatic carbocycles. The van der Waals surface area contributed by atoms with Crippen LogP contribution >= 0.6 is 38.1 Å². The maximum atomic E-state index is 14.0. The van der Waals surface area contributed by atoms with Crippen LogP contribution in [0.1, 0.15) is 39.8 Å². The molecule has 3 aromatic heterocycles. The Balaban J connectivity index is 1.36. The van der Waals surface area contributed by atoms with Crippen LogP contribution in [-0.4, -0.2) is 81.5 Å². The van der Waals surface area contributed by atoms with Crippen LogP contribution in [0.3, 0.4) is 0 Å². The van der Waals surface area contributed by atoms with E-state index in [9.17, 15) is 13.9 Å². The predicted octanol–water partition coefficient (Wildman–Crippen LogP) is 4.53. The van der Waals surface area contributed by atoms with Crippen LogP contribution in [0.15, 0.2) is 29.7 Å². The van der Waals surface area contributed by atoms with Gasteiger partial charge in [-0.2, -0.15) is 4.98 Å². The summed E-state index contributed by atoms with van der Waals surface area (Å²) in [5.74, 6) is -0.243. The Labute approximate surface area is 287 Å². The third-order valence-electron chi connectivity index (χ3n) is 9.05. The number of ether oxygens (including phenoxy) is 2. The van der Waals surface area contributed by atoms with Gasteiger partial charge in [-0.3, -0.25) is 27.9 Å². The molecule has 3 fully saturated rings. The number of thiol groups is 2. The maximum Gasteiger partial charge on any atom is 0.386 e. The smallest absolute Gasteiger partial charge is 0.386 e. The molecule has 22 heteroatoms. The molecule has 5 heterocycles. The topological polar surface area (TPSA) is 214 Å². The fourth-order valence-corrected chi connectivity index (χ4v) is 10.0. The average Bonchev–Trinajstić information content (AvgIpc) is 3.66. The van der Waals surface area contributed by atoms with Crippen molar-refractivity contribution < 1.29 is 41.1 Å². The first kappa shape index (κ1) is 36.0. The lowest BCUT2D eigenvalue weighted by Crippen LogP contribution is -2.50. The number of nitrogens with two attached hydrogens (primary N) is 1. The number of aromatic amines is 1. The van der Waals surface area contributed by atoms with Crippen molar-refractivity contribution in [2.45, 2.75) is 88.5 Å². The Morgan fingerprint density at radius 1 is 1.08 bits per heavy atom. The molecule has 0 radical (unpaired) electrons. The van der Waals surface area contributed by atoms with E-state index in [1.54, 1.807) is 12.3 Å². The molecule has 0 aromatic carbocycles. The summed E-state index contributed by atoms with van der Waals surface area (Å²) >= 11 is 8.67. The number of rotatable bonds is 5. The number of nitrogens with zero attached hydrogens (tertiary/aromatic N) is 5. The van der Waals surface area contributed by atoms with Crippen molar-refractivity contribution in [2.75, 3.05) is 18.9 Å². The highest BCUT2D eigenvalue weighted by Crippen LogP contribution is 2.61. The second-order valence-corrected chi connectivity index (χ2v) is 24.0. The van der Waals surface area contributed by atoms with Gasteiger partial charge in [0.2, 0.25) is 11.8 Å². The predicted molar refractivity (Wildman–Crippen MR) is 183 cm³/mol. The summed E-state index contributed by atoms with van der Waals surface area (Å²) in [5.41, 5.74) is 5.38. The van der Waals surface area contributed by atoms with Crippen LogP contribution < -0.4 is 16.0 Å². The first-order valence-corrected chi connectivity index (χ1v) is 23.5. The van der Waals surface area contributed by atoms with Crippen LogP contribution in [0.5, 0.6) is 5.88 Å². The standard InChI is InChI=1S/C26H39N7O10P2S2Si/c1-26(2,3)48(4,5)43-20-17-11-38-44(35,46)41-16-9-15(39-18-6-7-28-12-29-18)8-14(16)10-37-45(36,47)42-21(20)24(40-17)33-13-30-19-22(33)31-25(27)32-23(19)34/h6-7,12-17,20-21,24H,8-11H2,1-5H3,(H,35,46)(H,36,47)(H3,27,31,32,34)/t14-,15-,16+,17-,20-,21-,24-,44+,45-/m1/s1. The van der Waals surface area contributed by atoms with Gasteiger partial charge >= 0.3 is 13.6 Å². The molecule has 48 heavy (non-hydrogen) atoms. The van der Waals surface area contributed by atoms with E-state index in [1.807, 2.05) is 13.1 Å². The van der Waals surface area contributed by atoms with E-state index < -0.39 is 70.1 Å². The first-order valence-electron chi connectivity index (χ1n) is 15.2. The Morgan fingerprint density at radius 2 is 1.81 bits per heavy atom. The summed E-state index contributed by atoms with van der Waals surface area (Å²) < 4.78 is 72.4. The number of anilines is 1. The van der Waals surface area contributed by atoms with Crippen molar-refractivity contribution in [1.29, 1.82) is 0 Å². The van der Waals surface area contributed by atoms with Crippen LogP contribution in [-0.2, 0) is 36.4 Å². The number of nitrogen functional groups attached to an aromatic ring is 1. The van der Waals surface area contributed by atoms with Crippen molar-refractivity contribution in [2.24, 2.45) is 5.92 Å². The molecule has 9 atom stereocenters. The second kappa shape index (κ2) is 13.4. The van der Waals surface area contributed by atoms with E-state index in [4.69, 9.17) is 37.7 Å². The molecule has 3 N–H and O–H groups in total. The number of hydrogen-bond acceptors (Lipinski definition) is 15. The lowest BCUT2D eigenvalue weighted by atomic mass is 10.1. The van der Waals surface area contributed by atoms with E-state index in [1.165, 1.54) is 17.2 Å². The molecular formula is C26H39N7O10P2S2Si. The highest BCUT2D eigenvalue weighted by molar-refractivity contribution is 8.44. The Hall–Kier alpha value is -1.83. The molecule has 0 spiro atoms. The van der Waals surface area contributed by atoms with Crippen molar-refractivity contribution in [3.05, 3.63) is 35.3 Å². The van der Waals surface area contributed by atoms with Crippen molar-refractivity contribution in [1.82, 2.24) is 29.5 Å². The van der Waals surface area contributed by atoms with Crippen LogP contribution in [0, 0.1) is 5.92 Å². The van der Waals surface area contributed by atoms with Crippen LogP contribution in [0.4, 0.5) is 5.95 Å². The molecule has 2 saturated heterocycles. The van der Waals surface area contributed by atoms with Gasteiger partial charge < -0.3 is 24.2 Å². The van der Waals surface area contributed by atoms with Gasteiger partial charge in [-0.25, -0.2) is 24.1 Å². The molecule has 3 aliphatic rings. The molecular weight excluding hydrogens is 724 g/mol. The summed E-state index contributed by atoms with van der Waals surface area (Å²) in [5, 5.41) is -0.264. The minimum atomic E-state index is -4.17. The van der Waals surface area contributed by atoms with E-state index in [0.29, 0.717) is 18.7 Å². The monoisotopic (exact) mass is 763 g/mol. The number of nitrogens with one attached hydrogen (secondary N) is 1. The molecule has 3 aromatic rings. The van der Waals surface area contributed by atoms with Crippen molar-refractivity contribution >= 4 is 63.5 Å². The van der Waals surface area contributed by atoms with Gasteiger partial charge in [0.25, 0.3) is 5.56 Å². The van der Waals surface area contributed by atoms with Gasteiger partial charge in [-0.15, -0.1) is 0 Å². The number of hydrogen-bond donors (Lipinski definition) is 4. The van der Waals surface area contributed by atoms with Gasteiger partial charge in [0.05, 0.1) is 25.6 Å². The van der Waals surface area contributed by atoms with Gasteiger partial charge in [-0.05, 0) is 24.6 Å². The van der Waals surface area contributed by atoms with Crippen molar-refractivity contribution in [3.8, 4) is 5.88 Å². The molecule has 1 saturated carbocycles. The Bertz CT molecular complexity index is 1800. The lowest BCUT2D eigenvalue weighted by Gasteiger charge is -2.40. The average molecular weight is 764 g/mol. The van der Waals surface area contributed by atoms with Gasteiger partial charge in [0, 0.05) is 24.6 Å². The molecule has 264 valence electrons. The second-order valence-electron chi connectivity index (χ2n) is 13.4. The van der Waals surface area contributed by atoms with E-state index in [0.717, 1.165) is 0 Å². The third-order valence-corrected chi connectivity index (χ3v) is 16.8. The van der Waals surface area contributed by atoms with E-state index in [-0.39, 0.29) is 35.4 Å². The lowest BCUT2D eigenvalue weighted by molar-refractivity contribution is -0.0482. The zero-order valence-electron chi connectivity index (χ0n) is 26.9. The Kier molecular flexibility index (Phi) is 10.0. The first-order chi connectivity index (χ1) is 22.4. The van der Waals surface area contributed by atoms with Gasteiger partial charge in [0.1, 0.15) is 30.7 Å².